The molecule has 1 N–H and O–H groups in total. The lowest BCUT2D eigenvalue weighted by Gasteiger charge is -2.06. The fourth-order valence-electron chi connectivity index (χ4n) is 2.02. The van der Waals surface area contributed by atoms with Crippen LogP contribution in [0.15, 0.2) is 66.2 Å². The topological polar surface area (TPSA) is 42.0 Å². The number of pyridine rings is 1. The van der Waals surface area contributed by atoms with E-state index in [0.717, 1.165) is 16.1 Å². The van der Waals surface area contributed by atoms with Crippen molar-refractivity contribution in [3.05, 3.63) is 77.3 Å². The first-order valence-electron chi connectivity index (χ1n) is 6.65. The molecule has 0 spiro atoms. The summed E-state index contributed by atoms with van der Waals surface area (Å²) in [7, 11) is 0. The molecule has 1 aromatic carbocycles. The number of nitrogens with one attached hydrogen (secondary N) is 1. The zero-order chi connectivity index (χ0) is 14.5. The van der Waals surface area contributed by atoms with Gasteiger partial charge in [-0.1, -0.05) is 24.3 Å². The summed E-state index contributed by atoms with van der Waals surface area (Å²) in [6.45, 7) is 0.495. The Labute approximate surface area is 127 Å². The zero-order valence-corrected chi connectivity index (χ0v) is 12.1. The van der Waals surface area contributed by atoms with Gasteiger partial charge in [0.1, 0.15) is 0 Å². The van der Waals surface area contributed by atoms with Crippen molar-refractivity contribution in [2.24, 2.45) is 0 Å². The van der Waals surface area contributed by atoms with E-state index >= 15 is 0 Å². The van der Waals surface area contributed by atoms with Crippen LogP contribution in [0.2, 0.25) is 0 Å². The molecule has 0 atom stereocenters. The van der Waals surface area contributed by atoms with Gasteiger partial charge in [-0.3, -0.25) is 9.78 Å². The maximum Gasteiger partial charge on any atom is 0.251 e. The summed E-state index contributed by atoms with van der Waals surface area (Å²) in [4.78, 5) is 17.5. The van der Waals surface area contributed by atoms with E-state index in [2.05, 4.69) is 10.3 Å². The second kappa shape index (κ2) is 6.33. The van der Waals surface area contributed by atoms with Crippen molar-refractivity contribution in [3.8, 4) is 10.6 Å². The number of benzene rings is 1. The van der Waals surface area contributed by atoms with Gasteiger partial charge in [0.15, 0.2) is 0 Å². The first kappa shape index (κ1) is 13.5. The van der Waals surface area contributed by atoms with Crippen LogP contribution in [0.1, 0.15) is 15.9 Å². The van der Waals surface area contributed by atoms with Crippen LogP contribution in [0.4, 0.5) is 0 Å². The maximum atomic E-state index is 12.0. The van der Waals surface area contributed by atoms with Crippen molar-refractivity contribution in [1.82, 2.24) is 10.3 Å². The summed E-state index contributed by atoms with van der Waals surface area (Å²) >= 11 is 1.66. The number of carbonyl (C=O) groups is 1. The highest BCUT2D eigenvalue weighted by Crippen LogP contribution is 2.22. The lowest BCUT2D eigenvalue weighted by molar-refractivity contribution is 0.0951. The van der Waals surface area contributed by atoms with Gasteiger partial charge in [-0.05, 0) is 41.3 Å². The van der Waals surface area contributed by atoms with Crippen LogP contribution in [-0.4, -0.2) is 10.9 Å². The average Bonchev–Trinajstić information content (AvgIpc) is 3.08. The third-order valence-electron chi connectivity index (χ3n) is 3.09. The normalized spacial score (nSPS) is 10.3. The third kappa shape index (κ3) is 3.35. The Morgan fingerprint density at radius 1 is 1.10 bits per heavy atom. The molecule has 0 radical (unpaired) electrons. The molecule has 104 valence electrons. The van der Waals surface area contributed by atoms with E-state index in [1.165, 1.54) is 0 Å². The van der Waals surface area contributed by atoms with Crippen molar-refractivity contribution in [2.75, 3.05) is 0 Å². The van der Waals surface area contributed by atoms with Crippen LogP contribution >= 0.6 is 11.3 Å². The number of thiophene rings is 1. The number of aromatic nitrogens is 1. The molecule has 0 aliphatic carbocycles. The lowest BCUT2D eigenvalue weighted by Crippen LogP contribution is -2.22. The minimum atomic E-state index is -0.0647. The van der Waals surface area contributed by atoms with Crippen LogP contribution in [0.5, 0.6) is 0 Å². The number of hydrogen-bond donors (Lipinski definition) is 1. The predicted molar refractivity (Wildman–Crippen MR) is 85.2 cm³/mol. The number of carbonyl (C=O) groups excluding carboxylic acids is 1. The first-order valence-corrected chi connectivity index (χ1v) is 7.53. The van der Waals surface area contributed by atoms with Gasteiger partial charge in [0, 0.05) is 18.3 Å². The quantitative estimate of drug-likeness (QED) is 0.796. The molecular weight excluding hydrogens is 280 g/mol. The van der Waals surface area contributed by atoms with Gasteiger partial charge in [-0.15, -0.1) is 11.3 Å². The predicted octanol–water partition coefficient (Wildman–Crippen LogP) is 3.74. The third-order valence-corrected chi connectivity index (χ3v) is 3.98. The average molecular weight is 294 g/mol. The van der Waals surface area contributed by atoms with Crippen LogP contribution in [-0.2, 0) is 6.54 Å². The molecule has 2 aromatic heterocycles. The van der Waals surface area contributed by atoms with E-state index in [9.17, 15) is 4.79 Å². The number of hydrogen-bond acceptors (Lipinski definition) is 3. The van der Waals surface area contributed by atoms with Crippen molar-refractivity contribution in [2.45, 2.75) is 6.54 Å². The Kier molecular flexibility index (Phi) is 4.07. The highest BCUT2D eigenvalue weighted by Gasteiger charge is 2.05. The maximum absolute atomic E-state index is 12.0. The molecule has 1 amide bonds. The number of amides is 1. The molecule has 3 rings (SSSR count). The molecule has 0 aliphatic heterocycles. The summed E-state index contributed by atoms with van der Waals surface area (Å²) in [6.07, 6.45) is 1.78. The highest BCUT2D eigenvalue weighted by molar-refractivity contribution is 7.13. The lowest BCUT2D eigenvalue weighted by atomic mass is 10.2. The summed E-state index contributed by atoms with van der Waals surface area (Å²) in [5.41, 5.74) is 2.65. The van der Waals surface area contributed by atoms with E-state index in [-0.39, 0.29) is 5.91 Å². The fourth-order valence-corrected chi connectivity index (χ4v) is 2.71. The first-order chi connectivity index (χ1) is 10.3. The van der Waals surface area contributed by atoms with E-state index in [4.69, 9.17) is 0 Å². The van der Waals surface area contributed by atoms with Crippen molar-refractivity contribution in [1.29, 1.82) is 0 Å². The Hall–Kier alpha value is -2.46. The molecule has 0 unspecified atom stereocenters. The van der Waals surface area contributed by atoms with E-state index < -0.39 is 0 Å². The molecule has 3 aromatic rings. The van der Waals surface area contributed by atoms with Gasteiger partial charge in [-0.2, -0.15) is 0 Å². The smallest absolute Gasteiger partial charge is 0.251 e. The second-order valence-corrected chi connectivity index (χ2v) is 5.52. The van der Waals surface area contributed by atoms with Crippen molar-refractivity contribution < 1.29 is 4.79 Å². The van der Waals surface area contributed by atoms with Crippen LogP contribution in [0.3, 0.4) is 0 Å². The van der Waals surface area contributed by atoms with Gasteiger partial charge in [0.25, 0.3) is 5.91 Å². The molecule has 4 heteroatoms. The molecule has 0 saturated carbocycles. The summed E-state index contributed by atoms with van der Waals surface area (Å²) in [5.74, 6) is -0.0647. The summed E-state index contributed by atoms with van der Waals surface area (Å²) < 4.78 is 0. The number of nitrogens with zero attached hydrogens (tertiary/aromatic N) is 1. The van der Waals surface area contributed by atoms with Crippen LogP contribution in [0.25, 0.3) is 10.6 Å². The van der Waals surface area contributed by atoms with E-state index in [1.807, 2.05) is 47.8 Å². The minimum absolute atomic E-state index is 0.0647. The zero-order valence-electron chi connectivity index (χ0n) is 11.3. The number of rotatable bonds is 4. The minimum Gasteiger partial charge on any atom is -0.348 e. The van der Waals surface area contributed by atoms with Crippen LogP contribution in [0, 0.1) is 0 Å². The molecule has 0 saturated heterocycles. The molecule has 0 bridgehead atoms. The Bertz CT molecular complexity index is 724. The molecule has 0 aliphatic rings. The SMILES string of the molecule is O=C(NCc1ccnc(-c2cccs2)c1)c1ccccc1. The fraction of sp³-hybridized carbons (Fsp3) is 0.0588. The largest absolute Gasteiger partial charge is 0.348 e. The van der Waals surface area contributed by atoms with E-state index in [1.54, 1.807) is 29.7 Å². The van der Waals surface area contributed by atoms with Gasteiger partial charge >= 0.3 is 0 Å². The highest BCUT2D eigenvalue weighted by atomic mass is 32.1. The van der Waals surface area contributed by atoms with Gasteiger partial charge in [0.2, 0.25) is 0 Å². The van der Waals surface area contributed by atoms with Crippen molar-refractivity contribution >= 4 is 17.2 Å². The molecule has 21 heavy (non-hydrogen) atoms. The Morgan fingerprint density at radius 2 is 1.95 bits per heavy atom. The van der Waals surface area contributed by atoms with Crippen molar-refractivity contribution in [3.63, 3.8) is 0 Å². The van der Waals surface area contributed by atoms with Gasteiger partial charge < -0.3 is 5.32 Å². The molecule has 2 heterocycles. The molecule has 0 fully saturated rings. The second-order valence-electron chi connectivity index (χ2n) is 4.58. The van der Waals surface area contributed by atoms with Gasteiger partial charge in [0.05, 0.1) is 10.6 Å². The monoisotopic (exact) mass is 294 g/mol. The van der Waals surface area contributed by atoms with E-state index in [0.29, 0.717) is 12.1 Å². The molecular formula is C17H14N2OS. The summed E-state index contributed by atoms with van der Waals surface area (Å²) in [6, 6.07) is 17.2. The molecule has 3 nitrogen and oxygen atoms in total. The standard InChI is InChI=1S/C17H14N2OS/c20-17(14-5-2-1-3-6-14)19-12-13-8-9-18-15(11-13)16-7-4-10-21-16/h1-11H,12H2,(H,19,20). The summed E-state index contributed by atoms with van der Waals surface area (Å²) in [5, 5.41) is 4.95. The van der Waals surface area contributed by atoms with Crippen LogP contribution < -0.4 is 5.32 Å². The van der Waals surface area contributed by atoms with Gasteiger partial charge in [-0.25, -0.2) is 0 Å². The Balaban J connectivity index is 1.69. The Morgan fingerprint density at radius 3 is 2.71 bits per heavy atom.